The van der Waals surface area contributed by atoms with Crippen molar-refractivity contribution in [3.05, 3.63) is 0 Å². The van der Waals surface area contributed by atoms with Crippen molar-refractivity contribution in [2.45, 2.75) is 19.8 Å². The topological polar surface area (TPSA) is 61.6 Å². The molecule has 0 aromatic carbocycles. The summed E-state index contributed by atoms with van der Waals surface area (Å²) in [5.74, 6) is 0.249. The molecule has 1 rings (SSSR count). The summed E-state index contributed by atoms with van der Waals surface area (Å²) in [7, 11) is 2.15. The second-order valence-electron chi connectivity index (χ2n) is 5.27. The third-order valence-electron chi connectivity index (χ3n) is 3.61. The Kier molecular flexibility index (Phi) is 7.23. The monoisotopic (exact) mass is 256 g/mol. The molecule has 0 spiro atoms. The lowest BCUT2D eigenvalue weighted by Gasteiger charge is -2.32. The van der Waals surface area contributed by atoms with Crippen molar-refractivity contribution in [1.82, 2.24) is 15.1 Å². The maximum absolute atomic E-state index is 11.8. The first-order chi connectivity index (χ1) is 8.63. The fourth-order valence-corrected chi connectivity index (χ4v) is 2.14. The first-order valence-corrected chi connectivity index (χ1v) is 7.02. The molecule has 0 radical (unpaired) electrons. The van der Waals surface area contributed by atoms with Crippen molar-refractivity contribution >= 4 is 5.91 Å². The second-order valence-corrected chi connectivity index (χ2v) is 5.27. The zero-order valence-corrected chi connectivity index (χ0v) is 11.8. The van der Waals surface area contributed by atoms with Crippen LogP contribution in [0.5, 0.6) is 0 Å². The first-order valence-electron chi connectivity index (χ1n) is 7.02. The molecule has 5 nitrogen and oxygen atoms in total. The summed E-state index contributed by atoms with van der Waals surface area (Å²) >= 11 is 0. The fraction of sp³-hybridized carbons (Fsp3) is 0.923. The van der Waals surface area contributed by atoms with Crippen LogP contribution >= 0.6 is 0 Å². The predicted molar refractivity (Wildman–Crippen MR) is 74.4 cm³/mol. The van der Waals surface area contributed by atoms with Gasteiger partial charge in [-0.25, -0.2) is 0 Å². The van der Waals surface area contributed by atoms with Crippen LogP contribution in [0.2, 0.25) is 0 Å². The molecule has 106 valence electrons. The number of amides is 1. The van der Waals surface area contributed by atoms with Gasteiger partial charge in [0.05, 0.1) is 0 Å². The van der Waals surface area contributed by atoms with E-state index in [4.69, 9.17) is 5.73 Å². The third kappa shape index (κ3) is 5.80. The largest absolute Gasteiger partial charge is 0.355 e. The van der Waals surface area contributed by atoms with Gasteiger partial charge in [0, 0.05) is 45.2 Å². The molecule has 3 N–H and O–H groups in total. The number of nitrogens with two attached hydrogens (primary N) is 1. The van der Waals surface area contributed by atoms with E-state index in [2.05, 4.69) is 22.2 Å². The summed E-state index contributed by atoms with van der Waals surface area (Å²) in [5, 5.41) is 3.01. The highest BCUT2D eigenvalue weighted by molar-refractivity contribution is 5.78. The van der Waals surface area contributed by atoms with Gasteiger partial charge in [0.1, 0.15) is 0 Å². The van der Waals surface area contributed by atoms with E-state index in [1.54, 1.807) is 0 Å². The Morgan fingerprint density at radius 2 is 2.00 bits per heavy atom. The molecule has 18 heavy (non-hydrogen) atoms. The van der Waals surface area contributed by atoms with Gasteiger partial charge in [-0.2, -0.15) is 0 Å². The Labute approximate surface area is 111 Å². The van der Waals surface area contributed by atoms with Gasteiger partial charge in [-0.1, -0.05) is 6.92 Å². The van der Waals surface area contributed by atoms with E-state index >= 15 is 0 Å². The van der Waals surface area contributed by atoms with Gasteiger partial charge in [-0.3, -0.25) is 9.69 Å². The van der Waals surface area contributed by atoms with Gasteiger partial charge in [0.15, 0.2) is 0 Å². The normalized spacial score (nSPS) is 19.7. The molecule has 0 aliphatic carbocycles. The van der Waals surface area contributed by atoms with Crippen LogP contribution in [0.1, 0.15) is 19.8 Å². The molecule has 0 aromatic heterocycles. The predicted octanol–water partition coefficient (Wildman–Crippen LogP) is -0.275. The van der Waals surface area contributed by atoms with Crippen molar-refractivity contribution in [2.75, 3.05) is 52.9 Å². The zero-order valence-electron chi connectivity index (χ0n) is 11.8. The third-order valence-corrected chi connectivity index (χ3v) is 3.61. The van der Waals surface area contributed by atoms with Gasteiger partial charge in [-0.15, -0.1) is 0 Å². The summed E-state index contributed by atoms with van der Waals surface area (Å²) < 4.78 is 0. The van der Waals surface area contributed by atoms with Crippen LogP contribution < -0.4 is 11.1 Å². The van der Waals surface area contributed by atoms with Crippen molar-refractivity contribution in [3.63, 3.8) is 0 Å². The van der Waals surface area contributed by atoms with Crippen molar-refractivity contribution in [2.24, 2.45) is 11.7 Å². The summed E-state index contributed by atoms with van der Waals surface area (Å²) in [5.41, 5.74) is 5.44. The lowest BCUT2D eigenvalue weighted by molar-refractivity contribution is -0.124. The van der Waals surface area contributed by atoms with Crippen LogP contribution in [0.3, 0.4) is 0 Å². The van der Waals surface area contributed by atoms with E-state index in [-0.39, 0.29) is 11.8 Å². The van der Waals surface area contributed by atoms with Gasteiger partial charge < -0.3 is 16.0 Å². The maximum atomic E-state index is 11.8. The molecule has 5 heteroatoms. The number of nitrogens with zero attached hydrogens (tertiary/aromatic N) is 2. The molecule has 1 aliphatic rings. The number of carbonyl (C=O) groups excluding carboxylic acids is 1. The molecule has 1 saturated heterocycles. The molecule has 0 bridgehead atoms. The smallest absolute Gasteiger partial charge is 0.222 e. The van der Waals surface area contributed by atoms with E-state index in [0.29, 0.717) is 6.54 Å². The number of hydrogen-bond acceptors (Lipinski definition) is 4. The Morgan fingerprint density at radius 1 is 1.33 bits per heavy atom. The summed E-state index contributed by atoms with van der Waals surface area (Å²) in [6.45, 7) is 8.82. The van der Waals surface area contributed by atoms with E-state index in [1.165, 1.54) is 0 Å². The summed E-state index contributed by atoms with van der Waals surface area (Å²) in [6, 6.07) is 0. The standard InChI is InChI=1S/C13H28N4O/c1-12(4-3-5-14)13(18)15-6-7-17-10-8-16(2)9-11-17/h12H,3-11,14H2,1-2H3,(H,15,18). The van der Waals surface area contributed by atoms with E-state index < -0.39 is 0 Å². The number of nitrogens with one attached hydrogen (secondary N) is 1. The van der Waals surface area contributed by atoms with Crippen LogP contribution in [0.25, 0.3) is 0 Å². The Morgan fingerprint density at radius 3 is 2.61 bits per heavy atom. The Hall–Kier alpha value is -0.650. The van der Waals surface area contributed by atoms with Gasteiger partial charge in [0.2, 0.25) is 5.91 Å². The molecule has 1 aliphatic heterocycles. The van der Waals surface area contributed by atoms with Crippen LogP contribution in [-0.2, 0) is 4.79 Å². The lowest BCUT2D eigenvalue weighted by Crippen LogP contribution is -2.47. The maximum Gasteiger partial charge on any atom is 0.222 e. The minimum atomic E-state index is 0.0843. The Bertz CT molecular complexity index is 239. The van der Waals surface area contributed by atoms with Gasteiger partial charge in [0.25, 0.3) is 0 Å². The molecular weight excluding hydrogens is 228 g/mol. The molecule has 1 atom stereocenters. The Balaban J connectivity index is 2.08. The first kappa shape index (κ1) is 15.4. The molecule has 1 amide bonds. The number of likely N-dealkylation sites (N-methyl/N-ethyl adjacent to an activating group) is 1. The van der Waals surface area contributed by atoms with Gasteiger partial charge >= 0.3 is 0 Å². The highest BCUT2D eigenvalue weighted by Gasteiger charge is 2.15. The van der Waals surface area contributed by atoms with Crippen LogP contribution in [0.4, 0.5) is 0 Å². The average molecular weight is 256 g/mol. The highest BCUT2D eigenvalue weighted by atomic mass is 16.1. The van der Waals surface area contributed by atoms with E-state index in [0.717, 1.165) is 52.1 Å². The molecule has 1 unspecified atom stereocenters. The van der Waals surface area contributed by atoms with E-state index in [1.807, 2.05) is 6.92 Å². The van der Waals surface area contributed by atoms with E-state index in [9.17, 15) is 4.79 Å². The van der Waals surface area contributed by atoms with Crippen LogP contribution in [0.15, 0.2) is 0 Å². The van der Waals surface area contributed by atoms with Crippen molar-refractivity contribution < 1.29 is 4.79 Å². The van der Waals surface area contributed by atoms with Crippen molar-refractivity contribution in [3.8, 4) is 0 Å². The lowest BCUT2D eigenvalue weighted by atomic mass is 10.1. The molecule has 1 heterocycles. The molecule has 0 saturated carbocycles. The second kappa shape index (κ2) is 8.45. The zero-order chi connectivity index (χ0) is 13.4. The summed E-state index contributed by atoms with van der Waals surface area (Å²) in [6.07, 6.45) is 1.81. The quantitative estimate of drug-likeness (QED) is 0.658. The molecule has 1 fully saturated rings. The molecule has 0 aromatic rings. The number of carbonyl (C=O) groups is 1. The SMILES string of the molecule is CC(CCCN)C(=O)NCCN1CCN(C)CC1. The van der Waals surface area contributed by atoms with Crippen molar-refractivity contribution in [1.29, 1.82) is 0 Å². The highest BCUT2D eigenvalue weighted by Crippen LogP contribution is 2.04. The fourth-order valence-electron chi connectivity index (χ4n) is 2.14. The molecular formula is C13H28N4O. The van der Waals surface area contributed by atoms with Gasteiger partial charge in [-0.05, 0) is 26.4 Å². The minimum absolute atomic E-state index is 0.0843. The summed E-state index contributed by atoms with van der Waals surface area (Å²) in [4.78, 5) is 16.5. The minimum Gasteiger partial charge on any atom is -0.355 e. The number of hydrogen-bond donors (Lipinski definition) is 2. The number of rotatable bonds is 7. The number of piperazine rings is 1. The van der Waals surface area contributed by atoms with Crippen LogP contribution in [-0.4, -0.2) is 68.6 Å². The van der Waals surface area contributed by atoms with Crippen LogP contribution in [0, 0.1) is 5.92 Å². The average Bonchev–Trinajstić information content (AvgIpc) is 2.38.